The molecule has 2 aromatic rings. The molecule has 0 aliphatic carbocycles. The van der Waals surface area contributed by atoms with Gasteiger partial charge in [-0.05, 0) is 93.0 Å². The predicted octanol–water partition coefficient (Wildman–Crippen LogP) is 5.49. The van der Waals surface area contributed by atoms with Gasteiger partial charge >= 0.3 is 0 Å². The lowest BCUT2D eigenvalue weighted by molar-refractivity contribution is 1.11. The molecule has 0 atom stereocenters. The number of anilines is 2. The maximum Gasteiger partial charge on any atom is 0.175 e. The quantitative estimate of drug-likeness (QED) is 0.168. The summed E-state index contributed by atoms with van der Waals surface area (Å²) in [5.41, 5.74) is 12.3. The number of hydrogen-bond acceptors (Lipinski definition) is 5. The Labute approximate surface area is 166 Å². The molecule has 5 N–H and O–H groups in total. The van der Waals surface area contributed by atoms with Crippen LogP contribution in [0.3, 0.4) is 0 Å². The largest absolute Gasteiger partial charge is 0.382 e. The number of nitrogens with two attached hydrogens (primary N) is 2. The third kappa shape index (κ3) is 3.15. The SMILES string of the molecule is Nc1n[nH]c(N)c1N=Nc1c(Br)c(I)c(Br)c(I)c1Br. The number of nitrogens with zero attached hydrogens (tertiary/aromatic N) is 3. The van der Waals surface area contributed by atoms with Crippen molar-refractivity contribution in [2.45, 2.75) is 0 Å². The summed E-state index contributed by atoms with van der Waals surface area (Å²) in [4.78, 5) is 0. The molecule has 11 heteroatoms. The number of benzene rings is 1. The molecule has 2 rings (SSSR count). The zero-order chi connectivity index (χ0) is 15.0. The van der Waals surface area contributed by atoms with Gasteiger partial charge < -0.3 is 11.5 Å². The highest BCUT2D eigenvalue weighted by molar-refractivity contribution is 14.1. The number of nitrogens with one attached hydrogen (secondary N) is 1. The van der Waals surface area contributed by atoms with Gasteiger partial charge in [0.2, 0.25) is 0 Å². The summed E-state index contributed by atoms with van der Waals surface area (Å²) in [6, 6.07) is 0. The van der Waals surface area contributed by atoms with Crippen molar-refractivity contribution < 1.29 is 0 Å². The molecule has 0 bridgehead atoms. The zero-order valence-electron chi connectivity index (χ0n) is 9.39. The molecular formula is C9H5Br3I2N6. The van der Waals surface area contributed by atoms with E-state index in [0.29, 0.717) is 11.4 Å². The van der Waals surface area contributed by atoms with Crippen LogP contribution >= 0.6 is 93.0 Å². The molecule has 106 valence electrons. The van der Waals surface area contributed by atoms with E-state index in [1.165, 1.54) is 0 Å². The average Bonchev–Trinajstić information content (AvgIpc) is 2.74. The first-order valence-electron chi connectivity index (χ1n) is 4.87. The summed E-state index contributed by atoms with van der Waals surface area (Å²) in [5, 5.41) is 14.6. The summed E-state index contributed by atoms with van der Waals surface area (Å²) in [7, 11) is 0. The van der Waals surface area contributed by atoms with Gasteiger partial charge in [0.25, 0.3) is 0 Å². The van der Waals surface area contributed by atoms with Crippen LogP contribution in [-0.2, 0) is 0 Å². The van der Waals surface area contributed by atoms with Crippen LogP contribution in [0.1, 0.15) is 0 Å². The smallest absolute Gasteiger partial charge is 0.175 e. The van der Waals surface area contributed by atoms with E-state index in [1.807, 2.05) is 0 Å². The van der Waals surface area contributed by atoms with E-state index >= 15 is 0 Å². The molecule has 0 saturated carbocycles. The molecule has 0 spiro atoms. The molecule has 0 aliphatic rings. The van der Waals surface area contributed by atoms with Gasteiger partial charge in [-0.1, -0.05) is 0 Å². The van der Waals surface area contributed by atoms with Gasteiger partial charge in [0.15, 0.2) is 11.5 Å². The number of H-pyrrole nitrogens is 1. The van der Waals surface area contributed by atoms with Crippen molar-refractivity contribution >= 4 is 116 Å². The monoisotopic (exact) mass is 688 g/mol. The molecule has 0 aliphatic heterocycles. The summed E-state index contributed by atoms with van der Waals surface area (Å²) >= 11 is 15.0. The molecule has 6 nitrogen and oxygen atoms in total. The van der Waals surface area contributed by atoms with Crippen molar-refractivity contribution in [3.05, 3.63) is 20.6 Å². The maximum absolute atomic E-state index is 5.68. The first-order valence-corrected chi connectivity index (χ1v) is 9.40. The first-order chi connectivity index (χ1) is 9.34. The van der Waals surface area contributed by atoms with Crippen molar-refractivity contribution in [1.29, 1.82) is 0 Å². The van der Waals surface area contributed by atoms with Crippen LogP contribution in [0, 0.1) is 7.14 Å². The van der Waals surface area contributed by atoms with Gasteiger partial charge in [0, 0.05) is 11.6 Å². The molecule has 0 amide bonds. The Morgan fingerprint density at radius 2 is 1.40 bits per heavy atom. The number of halogens is 5. The van der Waals surface area contributed by atoms with Crippen LogP contribution in [0.2, 0.25) is 0 Å². The Kier molecular flexibility index (Phi) is 5.70. The molecule has 1 aromatic carbocycles. The van der Waals surface area contributed by atoms with Gasteiger partial charge in [0.05, 0.1) is 8.95 Å². The highest BCUT2D eigenvalue weighted by Gasteiger charge is 2.18. The molecule has 1 heterocycles. The number of aromatic nitrogens is 2. The number of aromatic amines is 1. The van der Waals surface area contributed by atoms with Gasteiger partial charge in [-0.25, -0.2) is 0 Å². The maximum atomic E-state index is 5.68. The van der Waals surface area contributed by atoms with Crippen molar-refractivity contribution in [3.63, 3.8) is 0 Å². The van der Waals surface area contributed by atoms with Crippen LogP contribution in [0.15, 0.2) is 23.6 Å². The first kappa shape index (κ1) is 16.9. The summed E-state index contributed by atoms with van der Waals surface area (Å²) in [6.07, 6.45) is 0. The topological polar surface area (TPSA) is 105 Å². The van der Waals surface area contributed by atoms with Crippen LogP contribution < -0.4 is 11.5 Å². The Morgan fingerprint density at radius 1 is 0.900 bits per heavy atom. The van der Waals surface area contributed by atoms with E-state index in [-0.39, 0.29) is 11.6 Å². The minimum absolute atomic E-state index is 0.208. The predicted molar refractivity (Wildman–Crippen MR) is 107 cm³/mol. The number of nitrogen functional groups attached to an aromatic ring is 2. The molecule has 0 fully saturated rings. The Hall–Kier alpha value is 0.530. The third-order valence-corrected chi connectivity index (χ3v) is 9.69. The number of hydrogen-bond donors (Lipinski definition) is 3. The lowest BCUT2D eigenvalue weighted by Gasteiger charge is -2.09. The van der Waals surface area contributed by atoms with Gasteiger partial charge in [0.1, 0.15) is 11.5 Å². The Bertz CT molecular complexity index is 666. The van der Waals surface area contributed by atoms with Crippen LogP contribution in [0.5, 0.6) is 0 Å². The number of azo groups is 1. The van der Waals surface area contributed by atoms with E-state index < -0.39 is 0 Å². The molecule has 1 aromatic heterocycles. The summed E-state index contributed by atoms with van der Waals surface area (Å²) in [5.74, 6) is 0.486. The Balaban J connectivity index is 2.55. The van der Waals surface area contributed by atoms with E-state index in [0.717, 1.165) is 20.6 Å². The van der Waals surface area contributed by atoms with Crippen LogP contribution in [-0.4, -0.2) is 10.2 Å². The van der Waals surface area contributed by atoms with Crippen molar-refractivity contribution in [3.8, 4) is 0 Å². The fourth-order valence-electron chi connectivity index (χ4n) is 1.25. The number of rotatable bonds is 2. The molecule has 20 heavy (non-hydrogen) atoms. The normalized spacial score (nSPS) is 11.4. The molecule has 0 unspecified atom stereocenters. The van der Waals surface area contributed by atoms with Gasteiger partial charge in [-0.3, -0.25) is 5.10 Å². The highest BCUT2D eigenvalue weighted by atomic mass is 127. The minimum Gasteiger partial charge on any atom is -0.382 e. The van der Waals surface area contributed by atoms with E-state index in [2.05, 4.69) is 113 Å². The van der Waals surface area contributed by atoms with Crippen LogP contribution in [0.25, 0.3) is 0 Å². The summed E-state index contributed by atoms with van der Waals surface area (Å²) < 4.78 is 4.62. The zero-order valence-corrected chi connectivity index (χ0v) is 18.5. The van der Waals surface area contributed by atoms with Gasteiger partial charge in [-0.2, -0.15) is 5.10 Å². The minimum atomic E-state index is 0.208. The fraction of sp³-hybridized carbons (Fsp3) is 0. The third-order valence-electron chi connectivity index (χ3n) is 2.23. The standard InChI is InChI=1S/C9H5Br3I2N6/c10-1-4(13)2(11)6(3(12)5(1)14)17-18-7-8(15)19-20-9(7)16/h(H5,15,16,19,20). The van der Waals surface area contributed by atoms with Crippen molar-refractivity contribution in [1.82, 2.24) is 10.2 Å². The van der Waals surface area contributed by atoms with E-state index in [4.69, 9.17) is 11.5 Å². The van der Waals surface area contributed by atoms with Crippen molar-refractivity contribution in [2.24, 2.45) is 10.2 Å². The molecule has 0 saturated heterocycles. The fourth-order valence-corrected chi connectivity index (χ4v) is 4.96. The summed E-state index contributed by atoms with van der Waals surface area (Å²) in [6.45, 7) is 0. The van der Waals surface area contributed by atoms with Crippen molar-refractivity contribution in [2.75, 3.05) is 11.5 Å². The second-order valence-electron chi connectivity index (χ2n) is 3.49. The van der Waals surface area contributed by atoms with E-state index in [1.54, 1.807) is 0 Å². The second-order valence-corrected chi connectivity index (χ2v) is 8.03. The second kappa shape index (κ2) is 6.75. The molecular weight excluding hydrogens is 686 g/mol. The van der Waals surface area contributed by atoms with E-state index in [9.17, 15) is 0 Å². The van der Waals surface area contributed by atoms with Gasteiger partial charge in [-0.15, -0.1) is 10.2 Å². The molecule has 0 radical (unpaired) electrons. The lowest BCUT2D eigenvalue weighted by atomic mass is 10.3. The Morgan fingerprint density at radius 3 is 1.85 bits per heavy atom. The lowest BCUT2D eigenvalue weighted by Crippen LogP contribution is -1.88. The highest BCUT2D eigenvalue weighted by Crippen LogP contribution is 2.45. The average molecular weight is 691 g/mol. The van der Waals surface area contributed by atoms with Crippen LogP contribution in [0.4, 0.5) is 23.0 Å².